The Kier molecular flexibility index (Phi) is 7.22. The maximum Gasteiger partial charge on any atom is 0.155 e. The van der Waals surface area contributed by atoms with Crippen LogP contribution in [0.2, 0.25) is 0 Å². The van der Waals surface area contributed by atoms with E-state index in [1.807, 2.05) is 12.1 Å². The summed E-state index contributed by atoms with van der Waals surface area (Å²) in [6, 6.07) is 7.01. The minimum absolute atomic E-state index is 0.0557. The number of hydrogen-bond donors (Lipinski definition) is 8. The molecule has 0 aliphatic carbocycles. The number of nitrogens with two attached hydrogens (primary N) is 4. The summed E-state index contributed by atoms with van der Waals surface area (Å²) in [4.78, 5) is 7.73. The van der Waals surface area contributed by atoms with E-state index in [-0.39, 0.29) is 28.5 Å². The van der Waals surface area contributed by atoms with Gasteiger partial charge in [0.25, 0.3) is 0 Å². The summed E-state index contributed by atoms with van der Waals surface area (Å²) in [5, 5.41) is 19.9. The molecule has 0 radical (unpaired) electrons. The zero-order valence-corrected chi connectivity index (χ0v) is 17.3. The average molecular weight is 451 g/mol. The van der Waals surface area contributed by atoms with E-state index >= 15 is 0 Å². The quantitative estimate of drug-likeness (QED) is 0.0695. The third-order valence-corrected chi connectivity index (χ3v) is 5.74. The number of aromatic nitrogens is 2. The molecule has 12 N–H and O–H groups in total. The number of fused-ring (bicyclic) bond motifs is 1. The third kappa shape index (κ3) is 4.39. The number of pyridine rings is 1. The molecule has 2 aromatic heterocycles. The van der Waals surface area contributed by atoms with Crippen molar-refractivity contribution in [2.45, 2.75) is 4.90 Å². The van der Waals surface area contributed by atoms with Gasteiger partial charge in [0.1, 0.15) is 16.7 Å². The standard InChI is InChI=1S/C16H22N10O2S2/c17-4-6-23-30(28)13-2-1-10(9-7-12-11(22-8-9)3-5-21-12)14(16(18)24-25-19)15(13)26(27)29-20/h1-3,5,7-8,21,23,25,27H,4,6,17,19-20H2,(H2,18,24). The van der Waals surface area contributed by atoms with Gasteiger partial charge in [-0.25, -0.2) is 20.3 Å². The van der Waals surface area contributed by atoms with Gasteiger partial charge in [-0.2, -0.15) is 4.47 Å². The van der Waals surface area contributed by atoms with Crippen molar-refractivity contribution >= 4 is 45.7 Å². The Hall–Kier alpha value is -2.72. The topological polar surface area (TPSA) is 210 Å². The fourth-order valence-corrected chi connectivity index (χ4v) is 4.27. The maximum atomic E-state index is 12.8. The van der Waals surface area contributed by atoms with Crippen LogP contribution in [0.3, 0.4) is 0 Å². The molecule has 1 atom stereocenters. The van der Waals surface area contributed by atoms with E-state index in [0.717, 1.165) is 11.0 Å². The van der Waals surface area contributed by atoms with Crippen LogP contribution in [0.25, 0.3) is 22.2 Å². The highest BCUT2D eigenvalue weighted by Gasteiger charge is 2.25. The van der Waals surface area contributed by atoms with Crippen LogP contribution >= 0.6 is 12.1 Å². The second-order valence-electron chi connectivity index (χ2n) is 5.93. The van der Waals surface area contributed by atoms with Crippen molar-refractivity contribution in [3.05, 3.63) is 42.2 Å². The highest BCUT2D eigenvalue weighted by Crippen LogP contribution is 2.37. The van der Waals surface area contributed by atoms with Crippen LogP contribution in [-0.4, -0.2) is 38.3 Å². The number of anilines is 1. The molecule has 14 heteroatoms. The van der Waals surface area contributed by atoms with Crippen molar-refractivity contribution in [1.29, 1.82) is 0 Å². The van der Waals surface area contributed by atoms with Gasteiger partial charge in [-0.15, -0.1) is 5.10 Å². The van der Waals surface area contributed by atoms with Gasteiger partial charge in [-0.05, 0) is 23.8 Å². The first-order chi connectivity index (χ1) is 14.5. The van der Waals surface area contributed by atoms with Gasteiger partial charge in [0.2, 0.25) is 0 Å². The van der Waals surface area contributed by atoms with Crippen LogP contribution < -0.4 is 37.2 Å². The van der Waals surface area contributed by atoms with Crippen molar-refractivity contribution in [2.24, 2.45) is 27.6 Å². The normalized spacial score (nSPS) is 12.9. The predicted molar refractivity (Wildman–Crippen MR) is 119 cm³/mol. The molecule has 0 amide bonds. The summed E-state index contributed by atoms with van der Waals surface area (Å²) in [5.74, 6) is 5.26. The van der Waals surface area contributed by atoms with Crippen LogP contribution in [0.1, 0.15) is 5.56 Å². The number of aromatic amines is 1. The average Bonchev–Trinajstić information content (AvgIpc) is 3.23. The first-order valence-corrected chi connectivity index (χ1v) is 10.6. The van der Waals surface area contributed by atoms with Gasteiger partial charge >= 0.3 is 0 Å². The summed E-state index contributed by atoms with van der Waals surface area (Å²) in [5.41, 5.74) is 17.0. The Morgan fingerprint density at radius 2 is 2.20 bits per heavy atom. The maximum absolute atomic E-state index is 12.8. The van der Waals surface area contributed by atoms with E-state index in [0.29, 0.717) is 34.3 Å². The lowest BCUT2D eigenvalue weighted by molar-refractivity contribution is 0.330. The molecule has 1 unspecified atom stereocenters. The summed E-state index contributed by atoms with van der Waals surface area (Å²) >= 11 is 0.509. The third-order valence-electron chi connectivity index (χ3n) is 4.16. The van der Waals surface area contributed by atoms with E-state index in [9.17, 15) is 9.42 Å². The second-order valence-corrected chi connectivity index (χ2v) is 7.75. The molecule has 1 aromatic carbocycles. The summed E-state index contributed by atoms with van der Waals surface area (Å²) in [6.07, 6.45) is 3.43. The van der Waals surface area contributed by atoms with Crippen molar-refractivity contribution < 1.29 is 9.42 Å². The molecule has 160 valence electrons. The van der Waals surface area contributed by atoms with Crippen LogP contribution in [0.5, 0.6) is 0 Å². The largest absolute Gasteiger partial charge is 0.382 e. The number of hydrazone groups is 1. The van der Waals surface area contributed by atoms with E-state index < -0.39 is 11.0 Å². The van der Waals surface area contributed by atoms with Gasteiger partial charge < -0.3 is 16.5 Å². The lowest BCUT2D eigenvalue weighted by Gasteiger charge is -2.22. The van der Waals surface area contributed by atoms with Gasteiger partial charge in [-0.3, -0.25) is 15.3 Å². The van der Waals surface area contributed by atoms with Crippen molar-refractivity contribution in [3.8, 4) is 11.1 Å². The lowest BCUT2D eigenvalue weighted by Crippen LogP contribution is -2.29. The molecule has 0 saturated carbocycles. The van der Waals surface area contributed by atoms with E-state index in [4.69, 9.17) is 22.4 Å². The fraction of sp³-hybridized carbons (Fsp3) is 0.125. The number of nitrogens with zero attached hydrogens (tertiary/aromatic N) is 3. The van der Waals surface area contributed by atoms with Crippen molar-refractivity contribution in [2.75, 3.05) is 17.6 Å². The Bertz CT molecular complexity index is 1090. The number of hydrogen-bond acceptors (Lipinski definition) is 10. The zero-order valence-electron chi connectivity index (χ0n) is 15.7. The smallest absolute Gasteiger partial charge is 0.155 e. The highest BCUT2D eigenvalue weighted by molar-refractivity contribution is 7.98. The lowest BCUT2D eigenvalue weighted by atomic mass is 9.98. The number of rotatable bonds is 9. The molecule has 0 aliphatic rings. The van der Waals surface area contributed by atoms with Crippen molar-refractivity contribution in [3.63, 3.8) is 0 Å². The number of H-pyrrole nitrogens is 1. The summed E-state index contributed by atoms with van der Waals surface area (Å²) in [6.45, 7) is 0.578. The molecule has 12 nitrogen and oxygen atoms in total. The Morgan fingerprint density at radius 3 is 2.90 bits per heavy atom. The van der Waals surface area contributed by atoms with Gasteiger partial charge in [0, 0.05) is 31.0 Å². The first-order valence-electron chi connectivity index (χ1n) is 8.62. The predicted octanol–water partition coefficient (Wildman–Crippen LogP) is -0.398. The molecule has 3 rings (SSSR count). The minimum atomic E-state index is -1.71. The molecule has 2 heterocycles. The minimum Gasteiger partial charge on any atom is -0.382 e. The van der Waals surface area contributed by atoms with Crippen molar-refractivity contribution in [1.82, 2.24) is 20.2 Å². The fourth-order valence-electron chi connectivity index (χ4n) is 2.90. The SMILES string of the molecule is NCCNS(=O)c1ccc(-c2cnc3cc[nH]c3c2)c(/C(N)=N/NN)c1N(O)SN. The Balaban J connectivity index is 2.28. The van der Waals surface area contributed by atoms with Crippen LogP contribution in [0.15, 0.2) is 46.7 Å². The number of nitrogens with one attached hydrogen (secondary N) is 3. The number of benzene rings is 1. The molecule has 0 spiro atoms. The molecule has 0 saturated heterocycles. The van der Waals surface area contributed by atoms with Gasteiger partial charge in [0.05, 0.1) is 33.6 Å². The van der Waals surface area contributed by atoms with Crippen LogP contribution in [-0.2, 0) is 11.0 Å². The summed E-state index contributed by atoms with van der Waals surface area (Å²) in [7, 11) is -1.71. The highest BCUT2D eigenvalue weighted by atomic mass is 32.2. The van der Waals surface area contributed by atoms with E-state index in [2.05, 4.69) is 25.3 Å². The molecule has 30 heavy (non-hydrogen) atoms. The van der Waals surface area contributed by atoms with Gasteiger partial charge in [-0.1, -0.05) is 6.07 Å². The Morgan fingerprint density at radius 1 is 1.40 bits per heavy atom. The van der Waals surface area contributed by atoms with E-state index in [1.165, 1.54) is 0 Å². The van der Waals surface area contributed by atoms with Crippen LogP contribution in [0.4, 0.5) is 5.69 Å². The zero-order chi connectivity index (χ0) is 21.7. The molecular weight excluding hydrogens is 428 g/mol. The van der Waals surface area contributed by atoms with Crippen LogP contribution in [0, 0.1) is 0 Å². The first kappa shape index (κ1) is 22.0. The second kappa shape index (κ2) is 9.86. The molecule has 3 aromatic rings. The molecule has 0 fully saturated rings. The number of hydrazine groups is 1. The number of amidine groups is 1. The molecule has 0 aliphatic heterocycles. The molecular formula is C16H22N10O2S2. The monoisotopic (exact) mass is 450 g/mol. The van der Waals surface area contributed by atoms with Gasteiger partial charge in [0.15, 0.2) is 5.84 Å². The summed E-state index contributed by atoms with van der Waals surface area (Å²) < 4.78 is 16.2. The molecule has 0 bridgehead atoms. The Labute approximate surface area is 178 Å². The van der Waals surface area contributed by atoms with E-state index in [1.54, 1.807) is 24.5 Å².